The first-order valence-corrected chi connectivity index (χ1v) is 7.74. The zero-order valence-electron chi connectivity index (χ0n) is 14.5. The molecule has 2 rings (SSSR count). The average Bonchev–Trinajstić information content (AvgIpc) is 2.61. The zero-order chi connectivity index (χ0) is 17.5. The largest absolute Gasteiger partial charge is 0.496 e. The molecule has 0 atom stereocenters. The molecular weight excluding hydrogens is 306 g/mol. The number of methoxy groups -OCH3 is 3. The molecule has 0 aliphatic rings. The third kappa shape index (κ3) is 3.79. The molecule has 0 saturated carbocycles. The Balaban J connectivity index is 2.04. The summed E-state index contributed by atoms with van der Waals surface area (Å²) in [6.45, 7) is 2.45. The van der Waals surface area contributed by atoms with Crippen LogP contribution in [0.1, 0.15) is 21.5 Å². The summed E-state index contributed by atoms with van der Waals surface area (Å²) in [5.41, 5.74) is 2.50. The molecule has 5 nitrogen and oxygen atoms in total. The molecule has 0 aromatic heterocycles. The highest BCUT2D eigenvalue weighted by Gasteiger charge is 2.13. The van der Waals surface area contributed by atoms with Crippen molar-refractivity contribution in [3.05, 3.63) is 53.1 Å². The smallest absolute Gasteiger partial charge is 0.255 e. The third-order valence-electron chi connectivity index (χ3n) is 3.89. The van der Waals surface area contributed by atoms with E-state index in [-0.39, 0.29) is 5.91 Å². The van der Waals surface area contributed by atoms with Crippen molar-refractivity contribution in [2.75, 3.05) is 27.9 Å². The Bertz CT molecular complexity index is 713. The maximum absolute atomic E-state index is 12.3. The minimum atomic E-state index is -0.156. The summed E-state index contributed by atoms with van der Waals surface area (Å²) < 4.78 is 16.0. The first-order chi connectivity index (χ1) is 11.6. The van der Waals surface area contributed by atoms with Gasteiger partial charge in [-0.25, -0.2) is 0 Å². The highest BCUT2D eigenvalue weighted by molar-refractivity contribution is 5.96. The van der Waals surface area contributed by atoms with Crippen LogP contribution >= 0.6 is 0 Å². The molecule has 24 heavy (non-hydrogen) atoms. The first kappa shape index (κ1) is 17.7. The predicted molar refractivity (Wildman–Crippen MR) is 93.3 cm³/mol. The third-order valence-corrected chi connectivity index (χ3v) is 3.89. The van der Waals surface area contributed by atoms with Crippen molar-refractivity contribution in [1.82, 2.24) is 5.32 Å². The number of rotatable bonds is 7. The van der Waals surface area contributed by atoms with E-state index in [1.54, 1.807) is 33.5 Å². The van der Waals surface area contributed by atoms with Crippen LogP contribution in [-0.2, 0) is 6.42 Å². The van der Waals surface area contributed by atoms with Crippen LogP contribution in [-0.4, -0.2) is 33.8 Å². The average molecular weight is 329 g/mol. The fraction of sp³-hybridized carbons (Fsp3) is 0.316. The van der Waals surface area contributed by atoms with Crippen molar-refractivity contribution < 1.29 is 19.0 Å². The summed E-state index contributed by atoms with van der Waals surface area (Å²) in [6.07, 6.45) is 0.662. The standard InChI is InChI=1S/C19H23NO4/c1-13-16(22-2)10-9-14(18(13)24-4)11-12-20-19(21)15-7-5-6-8-17(15)23-3/h5-10H,11-12H2,1-4H3,(H,20,21). The Kier molecular flexibility index (Phi) is 6.07. The van der Waals surface area contributed by atoms with Crippen molar-refractivity contribution in [2.45, 2.75) is 13.3 Å². The number of carbonyl (C=O) groups is 1. The van der Waals surface area contributed by atoms with E-state index in [0.29, 0.717) is 24.3 Å². The van der Waals surface area contributed by atoms with Crippen LogP contribution in [0.15, 0.2) is 36.4 Å². The second-order valence-corrected chi connectivity index (χ2v) is 5.29. The number of hydrogen-bond acceptors (Lipinski definition) is 4. The van der Waals surface area contributed by atoms with Crippen molar-refractivity contribution in [1.29, 1.82) is 0 Å². The lowest BCUT2D eigenvalue weighted by atomic mass is 10.1. The van der Waals surface area contributed by atoms with Crippen LogP contribution < -0.4 is 19.5 Å². The van der Waals surface area contributed by atoms with Gasteiger partial charge >= 0.3 is 0 Å². The molecule has 0 aliphatic carbocycles. The number of para-hydroxylation sites is 1. The number of nitrogens with one attached hydrogen (secondary N) is 1. The molecule has 128 valence electrons. The second-order valence-electron chi connectivity index (χ2n) is 5.29. The Morgan fingerprint density at radius 2 is 1.67 bits per heavy atom. The minimum absolute atomic E-state index is 0.156. The highest BCUT2D eigenvalue weighted by atomic mass is 16.5. The van der Waals surface area contributed by atoms with Gasteiger partial charge in [-0.15, -0.1) is 0 Å². The van der Waals surface area contributed by atoms with Gasteiger partial charge in [0.15, 0.2) is 0 Å². The topological polar surface area (TPSA) is 56.8 Å². The van der Waals surface area contributed by atoms with Gasteiger partial charge < -0.3 is 19.5 Å². The van der Waals surface area contributed by atoms with E-state index in [4.69, 9.17) is 14.2 Å². The quantitative estimate of drug-likeness (QED) is 0.848. The van der Waals surface area contributed by atoms with Crippen LogP contribution in [0, 0.1) is 6.92 Å². The first-order valence-electron chi connectivity index (χ1n) is 7.74. The molecule has 0 radical (unpaired) electrons. The van der Waals surface area contributed by atoms with Gasteiger partial charge in [0.25, 0.3) is 5.91 Å². The molecule has 0 aliphatic heterocycles. The number of benzene rings is 2. The van der Waals surface area contributed by atoms with Gasteiger partial charge in [0, 0.05) is 12.1 Å². The van der Waals surface area contributed by atoms with E-state index in [2.05, 4.69) is 5.32 Å². The molecule has 0 saturated heterocycles. The predicted octanol–water partition coefficient (Wildman–Crippen LogP) is 2.99. The Morgan fingerprint density at radius 3 is 2.33 bits per heavy atom. The van der Waals surface area contributed by atoms with Gasteiger partial charge in [0.2, 0.25) is 0 Å². The number of hydrogen-bond donors (Lipinski definition) is 1. The molecule has 1 N–H and O–H groups in total. The number of ether oxygens (including phenoxy) is 3. The highest BCUT2D eigenvalue weighted by Crippen LogP contribution is 2.31. The van der Waals surface area contributed by atoms with E-state index in [1.165, 1.54) is 0 Å². The van der Waals surface area contributed by atoms with Gasteiger partial charge in [-0.3, -0.25) is 4.79 Å². The van der Waals surface area contributed by atoms with E-state index < -0.39 is 0 Å². The molecule has 0 bridgehead atoms. The SMILES string of the molecule is COc1ccccc1C(=O)NCCc1ccc(OC)c(C)c1OC. The fourth-order valence-corrected chi connectivity index (χ4v) is 2.67. The maximum atomic E-state index is 12.3. The van der Waals surface area contributed by atoms with Gasteiger partial charge in [-0.2, -0.15) is 0 Å². The molecule has 1 amide bonds. The van der Waals surface area contributed by atoms with Crippen molar-refractivity contribution in [2.24, 2.45) is 0 Å². The maximum Gasteiger partial charge on any atom is 0.255 e. The van der Waals surface area contributed by atoms with E-state index in [0.717, 1.165) is 22.6 Å². The number of carbonyl (C=O) groups excluding carboxylic acids is 1. The monoisotopic (exact) mass is 329 g/mol. The van der Waals surface area contributed by atoms with Crippen molar-refractivity contribution >= 4 is 5.91 Å². The minimum Gasteiger partial charge on any atom is -0.496 e. The molecule has 0 heterocycles. The number of amides is 1. The second kappa shape index (κ2) is 8.24. The van der Waals surface area contributed by atoms with Crippen LogP contribution in [0.4, 0.5) is 0 Å². The van der Waals surface area contributed by atoms with Gasteiger partial charge in [-0.1, -0.05) is 18.2 Å². The molecule has 5 heteroatoms. The van der Waals surface area contributed by atoms with Gasteiger partial charge in [-0.05, 0) is 37.1 Å². The lowest BCUT2D eigenvalue weighted by molar-refractivity contribution is 0.0951. The summed E-state index contributed by atoms with van der Waals surface area (Å²) in [7, 11) is 4.82. The molecule has 0 spiro atoms. The lowest BCUT2D eigenvalue weighted by Gasteiger charge is -2.15. The molecule has 2 aromatic carbocycles. The van der Waals surface area contributed by atoms with Crippen LogP contribution in [0.2, 0.25) is 0 Å². The van der Waals surface area contributed by atoms with Crippen molar-refractivity contribution in [3.8, 4) is 17.2 Å². The van der Waals surface area contributed by atoms with E-state index in [1.807, 2.05) is 31.2 Å². The van der Waals surface area contributed by atoms with Crippen LogP contribution in [0.25, 0.3) is 0 Å². The summed E-state index contributed by atoms with van der Waals surface area (Å²) in [6, 6.07) is 11.0. The fourth-order valence-electron chi connectivity index (χ4n) is 2.67. The summed E-state index contributed by atoms with van der Waals surface area (Å²) in [5.74, 6) is 1.99. The van der Waals surface area contributed by atoms with E-state index >= 15 is 0 Å². The Morgan fingerprint density at radius 1 is 0.958 bits per heavy atom. The summed E-state index contributed by atoms with van der Waals surface area (Å²) in [4.78, 5) is 12.3. The normalized spacial score (nSPS) is 10.2. The molecular formula is C19H23NO4. The Labute approximate surface area is 142 Å². The van der Waals surface area contributed by atoms with E-state index in [9.17, 15) is 4.79 Å². The lowest BCUT2D eigenvalue weighted by Crippen LogP contribution is -2.26. The van der Waals surface area contributed by atoms with Crippen LogP contribution in [0.5, 0.6) is 17.2 Å². The Hall–Kier alpha value is -2.69. The molecule has 2 aromatic rings. The van der Waals surface area contributed by atoms with Crippen molar-refractivity contribution in [3.63, 3.8) is 0 Å². The molecule has 0 unspecified atom stereocenters. The zero-order valence-corrected chi connectivity index (χ0v) is 14.5. The summed E-state index contributed by atoms with van der Waals surface area (Å²) >= 11 is 0. The van der Waals surface area contributed by atoms with Gasteiger partial charge in [0.05, 0.1) is 26.9 Å². The summed E-state index contributed by atoms with van der Waals surface area (Å²) in [5, 5.41) is 2.92. The van der Waals surface area contributed by atoms with Gasteiger partial charge in [0.1, 0.15) is 17.2 Å². The molecule has 0 fully saturated rings. The van der Waals surface area contributed by atoms with Crippen LogP contribution in [0.3, 0.4) is 0 Å².